The Balaban J connectivity index is 2.30. The van der Waals surface area contributed by atoms with Crippen LogP contribution in [-0.2, 0) is 13.1 Å². The molecule has 0 amide bonds. The van der Waals surface area contributed by atoms with Gasteiger partial charge in [-0.1, -0.05) is 44.2 Å². The second kappa shape index (κ2) is 6.69. The highest BCUT2D eigenvalue weighted by atomic mass is 15.1. The van der Waals surface area contributed by atoms with E-state index in [0.717, 1.165) is 26.2 Å². The van der Waals surface area contributed by atoms with Gasteiger partial charge in [0.05, 0.1) is 0 Å². The third-order valence-electron chi connectivity index (χ3n) is 3.70. The van der Waals surface area contributed by atoms with Crippen molar-refractivity contribution in [2.75, 3.05) is 20.1 Å². The smallest absolute Gasteiger partial charge is 0.0233 e. The minimum atomic E-state index is 0.923. The first-order chi connectivity index (χ1) is 9.28. The largest absolute Gasteiger partial charge is 0.316 e. The van der Waals surface area contributed by atoms with E-state index in [1.54, 1.807) is 0 Å². The van der Waals surface area contributed by atoms with Crippen LogP contribution in [0.5, 0.6) is 0 Å². The third kappa shape index (κ3) is 3.34. The van der Waals surface area contributed by atoms with Gasteiger partial charge >= 0.3 is 0 Å². The van der Waals surface area contributed by atoms with Crippen molar-refractivity contribution < 1.29 is 0 Å². The molecular formula is C17H24N2. The van der Waals surface area contributed by atoms with E-state index < -0.39 is 0 Å². The number of nitrogens with one attached hydrogen (secondary N) is 1. The normalized spacial score (nSPS) is 11.4. The number of rotatable bonds is 6. The second-order valence-corrected chi connectivity index (χ2v) is 4.96. The summed E-state index contributed by atoms with van der Waals surface area (Å²) < 4.78 is 0. The second-order valence-electron chi connectivity index (χ2n) is 4.96. The molecule has 1 N–H and O–H groups in total. The van der Waals surface area contributed by atoms with Gasteiger partial charge in [0.1, 0.15) is 0 Å². The molecule has 0 aliphatic heterocycles. The summed E-state index contributed by atoms with van der Waals surface area (Å²) in [5, 5.41) is 5.94. The van der Waals surface area contributed by atoms with Crippen LogP contribution in [-0.4, -0.2) is 25.0 Å². The Kier molecular flexibility index (Phi) is 4.94. The Morgan fingerprint density at radius 1 is 1.05 bits per heavy atom. The fourth-order valence-electron chi connectivity index (χ4n) is 2.55. The van der Waals surface area contributed by atoms with Gasteiger partial charge in [0.15, 0.2) is 0 Å². The maximum Gasteiger partial charge on any atom is 0.0233 e. The van der Waals surface area contributed by atoms with Crippen molar-refractivity contribution in [3.05, 3.63) is 47.5 Å². The zero-order chi connectivity index (χ0) is 13.7. The lowest BCUT2D eigenvalue weighted by atomic mass is 10.0. The molecule has 2 rings (SSSR count). The average molecular weight is 256 g/mol. The Bertz CT molecular complexity index is 530. The Morgan fingerprint density at radius 3 is 2.53 bits per heavy atom. The van der Waals surface area contributed by atoms with Crippen molar-refractivity contribution in [1.29, 1.82) is 0 Å². The lowest BCUT2D eigenvalue weighted by Crippen LogP contribution is -2.22. The standard InChI is InChI=1S/C17H24N2/c1-4-19(5-2)13-14-9-10-17-15(11-14)7-6-8-16(17)12-18-3/h6-11,18H,4-5,12-13H2,1-3H3. The summed E-state index contributed by atoms with van der Waals surface area (Å²) in [6.45, 7) is 8.61. The van der Waals surface area contributed by atoms with E-state index in [1.807, 2.05) is 7.05 Å². The van der Waals surface area contributed by atoms with Gasteiger partial charge in [-0.2, -0.15) is 0 Å². The first-order valence-electron chi connectivity index (χ1n) is 7.16. The molecule has 0 aliphatic carbocycles. The molecule has 0 radical (unpaired) electrons. The predicted octanol–water partition coefficient (Wildman–Crippen LogP) is 3.40. The van der Waals surface area contributed by atoms with E-state index in [-0.39, 0.29) is 0 Å². The van der Waals surface area contributed by atoms with Crippen LogP contribution >= 0.6 is 0 Å². The maximum absolute atomic E-state index is 3.23. The predicted molar refractivity (Wildman–Crippen MR) is 83.3 cm³/mol. The van der Waals surface area contributed by atoms with Crippen molar-refractivity contribution in [3.63, 3.8) is 0 Å². The molecule has 19 heavy (non-hydrogen) atoms. The van der Waals surface area contributed by atoms with Crippen LogP contribution < -0.4 is 5.32 Å². The summed E-state index contributed by atoms with van der Waals surface area (Å²) in [7, 11) is 1.99. The van der Waals surface area contributed by atoms with E-state index in [2.05, 4.69) is 60.5 Å². The number of fused-ring (bicyclic) bond motifs is 1. The lowest BCUT2D eigenvalue weighted by molar-refractivity contribution is 0.296. The van der Waals surface area contributed by atoms with Gasteiger partial charge < -0.3 is 5.32 Å². The first-order valence-corrected chi connectivity index (χ1v) is 7.16. The number of hydrogen-bond acceptors (Lipinski definition) is 2. The average Bonchev–Trinajstić information content (AvgIpc) is 2.45. The van der Waals surface area contributed by atoms with Crippen LogP contribution in [0, 0.1) is 0 Å². The highest BCUT2D eigenvalue weighted by molar-refractivity contribution is 5.86. The quantitative estimate of drug-likeness (QED) is 0.852. The molecule has 0 spiro atoms. The zero-order valence-corrected chi connectivity index (χ0v) is 12.2. The van der Waals surface area contributed by atoms with Crippen molar-refractivity contribution in [3.8, 4) is 0 Å². The molecule has 0 unspecified atom stereocenters. The summed E-state index contributed by atoms with van der Waals surface area (Å²) in [5.41, 5.74) is 2.77. The van der Waals surface area contributed by atoms with E-state index in [9.17, 15) is 0 Å². The molecule has 2 nitrogen and oxygen atoms in total. The van der Waals surface area contributed by atoms with Crippen molar-refractivity contribution >= 4 is 10.8 Å². The van der Waals surface area contributed by atoms with Crippen LogP contribution in [0.3, 0.4) is 0 Å². The van der Waals surface area contributed by atoms with Gasteiger partial charge in [-0.05, 0) is 48.1 Å². The van der Waals surface area contributed by atoms with Gasteiger partial charge in [0, 0.05) is 13.1 Å². The van der Waals surface area contributed by atoms with E-state index in [1.165, 1.54) is 21.9 Å². The van der Waals surface area contributed by atoms with E-state index in [0.29, 0.717) is 0 Å². The highest BCUT2D eigenvalue weighted by Crippen LogP contribution is 2.21. The SMILES string of the molecule is CCN(CC)Cc1ccc2c(CNC)cccc2c1. The first kappa shape index (κ1) is 14.0. The number of hydrogen-bond donors (Lipinski definition) is 1. The van der Waals surface area contributed by atoms with Crippen molar-refractivity contribution in [2.24, 2.45) is 0 Å². The maximum atomic E-state index is 3.23. The lowest BCUT2D eigenvalue weighted by Gasteiger charge is -2.18. The summed E-state index contributed by atoms with van der Waals surface area (Å²) >= 11 is 0. The van der Waals surface area contributed by atoms with E-state index >= 15 is 0 Å². The zero-order valence-electron chi connectivity index (χ0n) is 12.2. The number of nitrogens with zero attached hydrogens (tertiary/aromatic N) is 1. The van der Waals surface area contributed by atoms with Gasteiger partial charge in [-0.15, -0.1) is 0 Å². The van der Waals surface area contributed by atoms with Gasteiger partial charge in [-0.25, -0.2) is 0 Å². The molecule has 0 aliphatic rings. The summed E-state index contributed by atoms with van der Waals surface area (Å²) in [4.78, 5) is 2.44. The third-order valence-corrected chi connectivity index (χ3v) is 3.70. The molecule has 0 fully saturated rings. The Hall–Kier alpha value is -1.38. The molecule has 102 valence electrons. The molecule has 0 bridgehead atoms. The fraction of sp³-hybridized carbons (Fsp3) is 0.412. The summed E-state index contributed by atoms with van der Waals surface area (Å²) in [6, 6.07) is 13.4. The molecule has 2 aromatic carbocycles. The van der Waals surface area contributed by atoms with Gasteiger partial charge in [-0.3, -0.25) is 4.90 Å². The van der Waals surface area contributed by atoms with Gasteiger partial charge in [0.25, 0.3) is 0 Å². The van der Waals surface area contributed by atoms with Crippen LogP contribution in [0.4, 0.5) is 0 Å². The van der Waals surface area contributed by atoms with Crippen LogP contribution in [0.2, 0.25) is 0 Å². The van der Waals surface area contributed by atoms with Crippen LogP contribution in [0.1, 0.15) is 25.0 Å². The molecule has 0 saturated carbocycles. The molecule has 0 heterocycles. The van der Waals surface area contributed by atoms with E-state index in [4.69, 9.17) is 0 Å². The van der Waals surface area contributed by atoms with Gasteiger partial charge in [0.2, 0.25) is 0 Å². The highest BCUT2D eigenvalue weighted by Gasteiger charge is 2.04. The molecule has 0 aromatic heterocycles. The monoisotopic (exact) mass is 256 g/mol. The minimum Gasteiger partial charge on any atom is -0.316 e. The molecule has 0 saturated heterocycles. The summed E-state index contributed by atoms with van der Waals surface area (Å²) in [6.07, 6.45) is 0. The minimum absolute atomic E-state index is 0.923. The molecule has 2 heteroatoms. The van der Waals surface area contributed by atoms with Crippen LogP contribution in [0.15, 0.2) is 36.4 Å². The van der Waals surface area contributed by atoms with Crippen molar-refractivity contribution in [1.82, 2.24) is 10.2 Å². The molecule has 0 atom stereocenters. The topological polar surface area (TPSA) is 15.3 Å². The van der Waals surface area contributed by atoms with Crippen molar-refractivity contribution in [2.45, 2.75) is 26.9 Å². The molecule has 2 aromatic rings. The fourth-order valence-corrected chi connectivity index (χ4v) is 2.55. The number of benzene rings is 2. The summed E-state index contributed by atoms with van der Waals surface area (Å²) in [5.74, 6) is 0. The molecular weight excluding hydrogens is 232 g/mol. The Morgan fingerprint density at radius 2 is 1.84 bits per heavy atom. The Labute approximate surface area is 116 Å². The van der Waals surface area contributed by atoms with Crippen LogP contribution in [0.25, 0.3) is 10.8 Å².